The molecule has 1 fully saturated rings. The Hall–Kier alpha value is -7.95. The molecule has 0 radical (unpaired) electrons. The molecule has 23 heteroatoms. The molecule has 9 N–H and O–H groups in total. The maximum atomic E-state index is 13.6. The Morgan fingerprint density at radius 1 is 0.731 bits per heavy atom. The van der Waals surface area contributed by atoms with Gasteiger partial charge in [-0.15, -0.1) is 0 Å². The highest BCUT2D eigenvalue weighted by Crippen LogP contribution is 2.50. The summed E-state index contributed by atoms with van der Waals surface area (Å²) in [6, 6.07) is 9.91. The van der Waals surface area contributed by atoms with E-state index in [0.29, 0.717) is 96.8 Å². The fraction of sp³-hybridized carbons (Fsp3) is 0.509. The zero-order chi connectivity index (χ0) is 56.9. The van der Waals surface area contributed by atoms with Crippen LogP contribution in [0.4, 0.5) is 10.5 Å². The van der Waals surface area contributed by atoms with Crippen molar-refractivity contribution in [1.82, 2.24) is 31.6 Å². The Labute approximate surface area is 453 Å². The molecule has 23 nitrogen and oxygen atoms in total. The van der Waals surface area contributed by atoms with Crippen LogP contribution in [0.5, 0.6) is 23.0 Å². The molecule has 424 valence electrons. The molecule has 1 unspecified atom stereocenters. The van der Waals surface area contributed by atoms with E-state index in [1.807, 2.05) is 6.07 Å². The standard InChI is InChI=1S/C55H74N8O15/c1-32(2)49(61-45(66)14-9-15-47(68)63-27-24-34(25-28-63)54(71)72)53(70)60-40(11-10-26-57-55(56)73)52(69)58-36-19-16-33(17-20-36)31-78-62-46(67)13-8-7-12-44(65)59-39-22-18-35-29-43(75-4)50(76-5)51(77-6)48(35)37-21-23-42(74-3)41(64)30-38(37)39/h16-17,19-21,23,29-30,32,34,39-40,49H,7-15,18,22,24-28,31H2,1-6H3,(H,58,69)(H,59,65)(H,60,70)(H,61,66)(H,62,67)(H,71,72)(H3,56,57,73)/t39?,40-,49-/m0/s1. The normalized spacial score (nSPS) is 14.7. The van der Waals surface area contributed by atoms with E-state index in [1.165, 1.54) is 34.5 Å². The van der Waals surface area contributed by atoms with E-state index in [9.17, 15) is 48.3 Å². The summed E-state index contributed by atoms with van der Waals surface area (Å²) in [7, 11) is 5.99. The van der Waals surface area contributed by atoms with Gasteiger partial charge in [-0.1, -0.05) is 32.0 Å². The van der Waals surface area contributed by atoms with Crippen LogP contribution in [-0.4, -0.2) is 118 Å². The molecule has 1 aliphatic carbocycles. The molecular formula is C55H74N8O15. The summed E-state index contributed by atoms with van der Waals surface area (Å²) in [5, 5.41) is 23.0. The lowest BCUT2D eigenvalue weighted by Gasteiger charge is -2.30. The number of nitrogens with zero attached hydrogens (tertiary/aromatic N) is 1. The van der Waals surface area contributed by atoms with E-state index in [0.717, 1.165) is 5.56 Å². The molecule has 0 spiro atoms. The van der Waals surface area contributed by atoms with Gasteiger partial charge in [-0.05, 0) is 116 Å². The average Bonchev–Trinajstić information content (AvgIpc) is 3.70. The van der Waals surface area contributed by atoms with Crippen molar-refractivity contribution in [3.05, 3.63) is 75.4 Å². The molecule has 0 bridgehead atoms. The van der Waals surface area contributed by atoms with Gasteiger partial charge in [0.25, 0.3) is 0 Å². The lowest BCUT2D eigenvalue weighted by Crippen LogP contribution is -2.54. The first kappa shape index (κ1) is 60.9. The number of nitrogens with one attached hydrogen (secondary N) is 6. The molecular weight excluding hydrogens is 1010 g/mol. The molecule has 3 aromatic rings. The van der Waals surface area contributed by atoms with Crippen molar-refractivity contribution in [2.24, 2.45) is 17.6 Å². The van der Waals surface area contributed by atoms with E-state index in [-0.39, 0.29) is 87.0 Å². The van der Waals surface area contributed by atoms with Gasteiger partial charge in [-0.2, -0.15) is 0 Å². The lowest BCUT2D eigenvalue weighted by atomic mass is 9.95. The number of rotatable bonds is 28. The summed E-state index contributed by atoms with van der Waals surface area (Å²) in [5.41, 5.74) is 11.2. The Kier molecular flexibility index (Phi) is 23.5. The summed E-state index contributed by atoms with van der Waals surface area (Å²) >= 11 is 0. The number of carbonyl (C=O) groups is 8. The first-order valence-corrected chi connectivity index (χ1v) is 26.2. The number of amides is 8. The van der Waals surface area contributed by atoms with Crippen LogP contribution in [-0.2, 0) is 51.4 Å². The van der Waals surface area contributed by atoms with Gasteiger partial charge >= 0.3 is 12.0 Å². The highest BCUT2D eigenvalue weighted by atomic mass is 16.6. The fourth-order valence-corrected chi connectivity index (χ4v) is 9.38. The molecule has 78 heavy (non-hydrogen) atoms. The second-order valence-electron chi connectivity index (χ2n) is 19.5. The molecule has 2 aliphatic rings. The van der Waals surface area contributed by atoms with Gasteiger partial charge < -0.3 is 61.3 Å². The van der Waals surface area contributed by atoms with Gasteiger partial charge in [0, 0.05) is 56.6 Å². The van der Waals surface area contributed by atoms with E-state index in [4.69, 9.17) is 29.5 Å². The molecule has 1 heterocycles. The lowest BCUT2D eigenvalue weighted by molar-refractivity contribution is -0.145. The van der Waals surface area contributed by atoms with Crippen LogP contribution in [0, 0.1) is 11.8 Å². The second kappa shape index (κ2) is 30.1. The molecule has 0 aromatic heterocycles. The topological polar surface area (TPSA) is 321 Å². The van der Waals surface area contributed by atoms with Gasteiger partial charge in [0.2, 0.25) is 46.6 Å². The number of aryl methyl sites for hydroxylation is 1. The number of hydroxylamine groups is 1. The average molecular weight is 1090 g/mol. The largest absolute Gasteiger partial charge is 0.493 e. The van der Waals surface area contributed by atoms with Crippen LogP contribution >= 0.6 is 0 Å². The number of benzene rings is 2. The van der Waals surface area contributed by atoms with Crippen LogP contribution in [0.15, 0.2) is 53.3 Å². The minimum Gasteiger partial charge on any atom is -0.493 e. The smallest absolute Gasteiger partial charge is 0.312 e. The number of ether oxygens (including phenoxy) is 4. The number of carboxylic acids is 1. The van der Waals surface area contributed by atoms with Gasteiger partial charge in [-0.3, -0.25) is 43.2 Å². The number of fused-ring (bicyclic) bond motifs is 3. The zero-order valence-electron chi connectivity index (χ0n) is 45.2. The van der Waals surface area contributed by atoms with Crippen molar-refractivity contribution in [3.63, 3.8) is 0 Å². The number of carbonyl (C=O) groups excluding carboxylic acids is 7. The summed E-state index contributed by atoms with van der Waals surface area (Å²) in [6.45, 7) is 4.29. The predicted octanol–water partition coefficient (Wildman–Crippen LogP) is 4.17. The number of carboxylic acid groups (broad SMARTS) is 1. The van der Waals surface area contributed by atoms with Crippen molar-refractivity contribution in [1.29, 1.82) is 0 Å². The van der Waals surface area contributed by atoms with Gasteiger partial charge in [-0.25, -0.2) is 10.3 Å². The number of methoxy groups -OCH3 is 4. The number of aliphatic carboxylic acids is 1. The summed E-state index contributed by atoms with van der Waals surface area (Å²) in [4.78, 5) is 122. The molecule has 5 rings (SSSR count). The number of likely N-dealkylation sites (tertiary alicyclic amines) is 1. The minimum absolute atomic E-state index is 0.00711. The molecule has 1 aliphatic heterocycles. The first-order chi connectivity index (χ1) is 37.4. The maximum Gasteiger partial charge on any atom is 0.312 e. The molecule has 1 saturated heterocycles. The van der Waals surface area contributed by atoms with Crippen molar-refractivity contribution in [3.8, 4) is 34.1 Å². The van der Waals surface area contributed by atoms with Crippen LogP contribution in [0.25, 0.3) is 11.1 Å². The van der Waals surface area contributed by atoms with Crippen LogP contribution in [0.2, 0.25) is 0 Å². The predicted molar refractivity (Wildman–Crippen MR) is 286 cm³/mol. The van der Waals surface area contributed by atoms with Gasteiger partial charge in [0.15, 0.2) is 17.2 Å². The van der Waals surface area contributed by atoms with E-state index in [1.54, 1.807) is 55.1 Å². The Balaban J connectivity index is 1.07. The van der Waals surface area contributed by atoms with Crippen molar-refractivity contribution >= 4 is 53.1 Å². The number of nitrogens with two attached hydrogens (primary N) is 1. The third kappa shape index (κ3) is 17.5. The number of hydrogen-bond acceptors (Lipinski definition) is 14. The quantitative estimate of drug-likeness (QED) is 0.0374. The maximum absolute atomic E-state index is 13.6. The van der Waals surface area contributed by atoms with Crippen LogP contribution in [0.3, 0.4) is 0 Å². The zero-order valence-corrected chi connectivity index (χ0v) is 45.2. The highest BCUT2D eigenvalue weighted by Gasteiger charge is 2.32. The van der Waals surface area contributed by atoms with Gasteiger partial charge in [0.1, 0.15) is 12.1 Å². The number of anilines is 1. The van der Waals surface area contributed by atoms with Crippen molar-refractivity contribution < 1.29 is 67.2 Å². The number of piperidine rings is 1. The van der Waals surface area contributed by atoms with Crippen LogP contribution < -0.4 is 62.2 Å². The van der Waals surface area contributed by atoms with E-state index >= 15 is 0 Å². The molecule has 3 aromatic carbocycles. The number of hydrogen-bond donors (Lipinski definition) is 8. The van der Waals surface area contributed by atoms with Crippen molar-refractivity contribution in [2.75, 3.05) is 53.4 Å². The summed E-state index contributed by atoms with van der Waals surface area (Å²) < 4.78 is 22.5. The SMILES string of the molecule is COc1cc2c(c(OC)c1OC)-c1ccc(OC)c(=O)cc1C(NC(=O)CCCCC(=O)NOCc1ccc(NC(=O)[C@H](CCCNC(N)=O)NC(=O)[C@@H](NC(=O)CCCC(=O)N3CCC(C(=O)O)CC3)C(C)C)cc1)CC2. The number of primary amides is 1. The number of urea groups is 1. The minimum atomic E-state index is -1.08. The molecule has 0 saturated carbocycles. The third-order valence-electron chi connectivity index (χ3n) is 13.6. The Morgan fingerprint density at radius 3 is 2.03 bits per heavy atom. The second-order valence-corrected chi connectivity index (χ2v) is 19.5. The number of unbranched alkanes of at least 4 members (excludes halogenated alkanes) is 1. The summed E-state index contributed by atoms with van der Waals surface area (Å²) in [5.74, 6) is -2.73. The third-order valence-corrected chi connectivity index (χ3v) is 13.6. The van der Waals surface area contributed by atoms with E-state index in [2.05, 4.69) is 32.1 Å². The van der Waals surface area contributed by atoms with Gasteiger partial charge in [0.05, 0.1) is 47.0 Å². The highest BCUT2D eigenvalue weighted by molar-refractivity contribution is 5.98. The molecule has 3 atom stereocenters. The molecule has 8 amide bonds. The fourth-order valence-electron chi connectivity index (χ4n) is 9.38. The monoisotopic (exact) mass is 1090 g/mol. The van der Waals surface area contributed by atoms with Crippen LogP contribution in [0.1, 0.15) is 114 Å². The Morgan fingerprint density at radius 2 is 1.40 bits per heavy atom. The summed E-state index contributed by atoms with van der Waals surface area (Å²) in [6.07, 6.45) is 3.39. The van der Waals surface area contributed by atoms with Crippen molar-refractivity contribution in [2.45, 2.75) is 122 Å². The first-order valence-electron chi connectivity index (χ1n) is 26.2. The van der Waals surface area contributed by atoms with E-state index < -0.39 is 59.7 Å². The Bertz CT molecular complexity index is 2680.